The van der Waals surface area contributed by atoms with Crippen LogP contribution < -0.4 is 20.9 Å². The summed E-state index contributed by atoms with van der Waals surface area (Å²) in [6.07, 6.45) is -0.0480. The summed E-state index contributed by atoms with van der Waals surface area (Å²) in [5.74, 6) is -0.437. The van der Waals surface area contributed by atoms with E-state index in [4.69, 9.17) is 4.74 Å². The Morgan fingerprint density at radius 1 is 0.963 bits per heavy atom. The predicted octanol–water partition coefficient (Wildman–Crippen LogP) is 2.87. The number of rotatable bonds is 7. The van der Waals surface area contributed by atoms with Crippen LogP contribution in [0.4, 0.5) is 5.69 Å². The molecule has 0 fully saturated rings. The predicted molar refractivity (Wildman–Crippen MR) is 110 cm³/mol. The second-order valence-electron chi connectivity index (χ2n) is 5.52. The van der Waals surface area contributed by atoms with Crippen molar-refractivity contribution in [1.29, 1.82) is 0 Å². The van der Waals surface area contributed by atoms with Crippen molar-refractivity contribution < 1.29 is 19.1 Å². The number of halogens is 1. The average Bonchev–Trinajstić information content (AvgIpc) is 2.66. The lowest BCUT2D eigenvalue weighted by molar-refractivity contribution is -0.124. The first-order valence-corrected chi connectivity index (χ1v) is 9.43. The fraction of sp³-hybridized carbons (Fsp3) is 0.211. The standard InChI is InChI=1S/C19H20IN3O4/c1-2-27-16-8-6-15(7-9-16)21-17(24)10-11-18(25)22-23-19(26)13-4-3-5-14(20)12-13/h3-9,12H,2,10-11H2,1H3,(H,21,24)(H,22,25)(H,23,26). The first-order valence-electron chi connectivity index (χ1n) is 8.35. The van der Waals surface area contributed by atoms with E-state index in [1.165, 1.54) is 0 Å². The van der Waals surface area contributed by atoms with Crippen LogP contribution in [0.3, 0.4) is 0 Å². The van der Waals surface area contributed by atoms with Crippen molar-refractivity contribution in [3.63, 3.8) is 0 Å². The second kappa shape index (κ2) is 10.5. The Labute approximate surface area is 171 Å². The van der Waals surface area contributed by atoms with Gasteiger partial charge in [-0.2, -0.15) is 0 Å². The summed E-state index contributed by atoms with van der Waals surface area (Å²) in [6, 6.07) is 13.9. The zero-order valence-electron chi connectivity index (χ0n) is 14.8. The molecular weight excluding hydrogens is 461 g/mol. The number of hydrogen-bond acceptors (Lipinski definition) is 4. The highest BCUT2D eigenvalue weighted by Crippen LogP contribution is 2.15. The van der Waals surface area contributed by atoms with E-state index < -0.39 is 11.8 Å². The van der Waals surface area contributed by atoms with Crippen LogP contribution in [-0.2, 0) is 9.59 Å². The molecule has 7 nitrogen and oxygen atoms in total. The third kappa shape index (κ3) is 7.26. The van der Waals surface area contributed by atoms with Crippen molar-refractivity contribution in [1.82, 2.24) is 10.9 Å². The highest BCUT2D eigenvalue weighted by molar-refractivity contribution is 14.1. The summed E-state index contributed by atoms with van der Waals surface area (Å²) in [7, 11) is 0. The number of hydrogen-bond donors (Lipinski definition) is 3. The maximum absolute atomic E-state index is 11.9. The number of hydrazine groups is 1. The highest BCUT2D eigenvalue weighted by atomic mass is 127. The molecule has 0 aliphatic heterocycles. The van der Waals surface area contributed by atoms with Gasteiger partial charge in [-0.1, -0.05) is 6.07 Å². The first-order chi connectivity index (χ1) is 13.0. The molecule has 3 amide bonds. The van der Waals surface area contributed by atoms with Crippen molar-refractivity contribution >= 4 is 46.0 Å². The van der Waals surface area contributed by atoms with Crippen molar-refractivity contribution in [3.05, 3.63) is 57.7 Å². The van der Waals surface area contributed by atoms with Crippen LogP contribution in [0.15, 0.2) is 48.5 Å². The van der Waals surface area contributed by atoms with E-state index in [0.29, 0.717) is 17.9 Å². The molecule has 2 aromatic carbocycles. The van der Waals surface area contributed by atoms with E-state index in [1.807, 2.05) is 13.0 Å². The number of benzene rings is 2. The maximum Gasteiger partial charge on any atom is 0.269 e. The van der Waals surface area contributed by atoms with Crippen molar-refractivity contribution in [2.75, 3.05) is 11.9 Å². The number of amides is 3. The number of anilines is 1. The molecule has 8 heteroatoms. The van der Waals surface area contributed by atoms with Crippen LogP contribution in [0.2, 0.25) is 0 Å². The molecule has 0 aromatic heterocycles. The molecule has 2 rings (SSSR count). The molecule has 3 N–H and O–H groups in total. The van der Waals surface area contributed by atoms with E-state index in [0.717, 1.165) is 9.32 Å². The number of ether oxygens (including phenoxy) is 1. The molecule has 0 spiro atoms. The lowest BCUT2D eigenvalue weighted by Crippen LogP contribution is -2.41. The van der Waals surface area contributed by atoms with Gasteiger partial charge in [0.05, 0.1) is 6.61 Å². The van der Waals surface area contributed by atoms with Crippen LogP contribution in [0.1, 0.15) is 30.1 Å². The molecule has 0 atom stereocenters. The van der Waals surface area contributed by atoms with Gasteiger partial charge in [-0.15, -0.1) is 0 Å². The van der Waals surface area contributed by atoms with Gasteiger partial charge in [-0.25, -0.2) is 0 Å². The van der Waals surface area contributed by atoms with E-state index in [-0.39, 0.29) is 18.7 Å². The molecule has 0 saturated heterocycles. The zero-order chi connectivity index (χ0) is 19.6. The molecule has 27 heavy (non-hydrogen) atoms. The smallest absolute Gasteiger partial charge is 0.269 e. The van der Waals surface area contributed by atoms with Gasteiger partial charge in [-0.3, -0.25) is 25.2 Å². The van der Waals surface area contributed by atoms with Gasteiger partial charge in [0.2, 0.25) is 11.8 Å². The zero-order valence-corrected chi connectivity index (χ0v) is 16.9. The largest absolute Gasteiger partial charge is 0.494 e. The Kier molecular flexibility index (Phi) is 8.05. The molecule has 0 unspecified atom stereocenters. The van der Waals surface area contributed by atoms with Gasteiger partial charge in [0, 0.05) is 27.7 Å². The molecule has 0 heterocycles. The Morgan fingerprint density at radius 2 is 1.67 bits per heavy atom. The number of carbonyl (C=O) groups is 3. The highest BCUT2D eigenvalue weighted by Gasteiger charge is 2.10. The third-order valence-electron chi connectivity index (χ3n) is 3.43. The topological polar surface area (TPSA) is 96.5 Å². The molecule has 142 valence electrons. The summed E-state index contributed by atoms with van der Waals surface area (Å²) < 4.78 is 6.24. The minimum absolute atomic E-state index is 0.00183. The van der Waals surface area contributed by atoms with Gasteiger partial charge in [0.1, 0.15) is 5.75 Å². The number of nitrogens with one attached hydrogen (secondary N) is 3. The minimum Gasteiger partial charge on any atom is -0.494 e. The SMILES string of the molecule is CCOc1ccc(NC(=O)CCC(=O)NNC(=O)c2cccc(I)c2)cc1. The van der Waals surface area contributed by atoms with Gasteiger partial charge < -0.3 is 10.1 Å². The number of carbonyl (C=O) groups excluding carboxylic acids is 3. The summed E-state index contributed by atoms with van der Waals surface area (Å²) in [6.45, 7) is 2.46. The van der Waals surface area contributed by atoms with Crippen LogP contribution >= 0.6 is 22.6 Å². The lowest BCUT2D eigenvalue weighted by atomic mass is 10.2. The molecule has 0 radical (unpaired) electrons. The molecule has 0 bridgehead atoms. The van der Waals surface area contributed by atoms with Crippen molar-refractivity contribution in [2.24, 2.45) is 0 Å². The van der Waals surface area contributed by atoms with Crippen LogP contribution in [-0.4, -0.2) is 24.3 Å². The first kappa shape index (κ1) is 20.7. The van der Waals surface area contributed by atoms with Gasteiger partial charge in [0.25, 0.3) is 5.91 Å². The Hall–Kier alpha value is -2.62. The maximum atomic E-state index is 11.9. The molecule has 0 saturated carbocycles. The van der Waals surface area contributed by atoms with Crippen LogP contribution in [0, 0.1) is 3.57 Å². The van der Waals surface area contributed by atoms with Crippen molar-refractivity contribution in [2.45, 2.75) is 19.8 Å². The lowest BCUT2D eigenvalue weighted by Gasteiger charge is -2.09. The minimum atomic E-state index is -0.448. The van der Waals surface area contributed by atoms with Crippen LogP contribution in [0.5, 0.6) is 5.75 Å². The molecular formula is C19H20IN3O4. The van der Waals surface area contributed by atoms with E-state index in [9.17, 15) is 14.4 Å². The quantitative estimate of drug-likeness (QED) is 0.419. The molecule has 0 aliphatic carbocycles. The molecule has 0 aliphatic rings. The fourth-order valence-electron chi connectivity index (χ4n) is 2.14. The van der Waals surface area contributed by atoms with Crippen molar-refractivity contribution in [3.8, 4) is 5.75 Å². The van der Waals surface area contributed by atoms with Gasteiger partial charge >= 0.3 is 0 Å². The van der Waals surface area contributed by atoms with E-state index >= 15 is 0 Å². The van der Waals surface area contributed by atoms with Crippen LogP contribution in [0.25, 0.3) is 0 Å². The molecule has 2 aromatic rings. The monoisotopic (exact) mass is 481 g/mol. The summed E-state index contributed by atoms with van der Waals surface area (Å²) >= 11 is 2.10. The van der Waals surface area contributed by atoms with E-state index in [2.05, 4.69) is 38.8 Å². The fourth-order valence-corrected chi connectivity index (χ4v) is 2.69. The summed E-state index contributed by atoms with van der Waals surface area (Å²) in [5, 5.41) is 2.70. The van der Waals surface area contributed by atoms with E-state index in [1.54, 1.807) is 42.5 Å². The Balaban J connectivity index is 1.71. The normalized spacial score (nSPS) is 10.0. The van der Waals surface area contributed by atoms with Gasteiger partial charge in [0.15, 0.2) is 0 Å². The third-order valence-corrected chi connectivity index (χ3v) is 4.10. The second-order valence-corrected chi connectivity index (χ2v) is 6.76. The summed E-state index contributed by atoms with van der Waals surface area (Å²) in [4.78, 5) is 35.6. The van der Waals surface area contributed by atoms with Gasteiger partial charge in [-0.05, 0) is 72.0 Å². The average molecular weight is 481 g/mol. The Morgan fingerprint density at radius 3 is 2.33 bits per heavy atom. The Bertz CT molecular complexity index is 809. The summed E-state index contributed by atoms with van der Waals surface area (Å²) in [5.41, 5.74) is 5.70.